The molecule has 6 heteroatoms. The molecule has 2 rings (SSSR count). The summed E-state index contributed by atoms with van der Waals surface area (Å²) in [6, 6.07) is 7.85. The van der Waals surface area contributed by atoms with E-state index in [0.29, 0.717) is 13.1 Å². The van der Waals surface area contributed by atoms with Crippen LogP contribution in [0.5, 0.6) is 0 Å². The van der Waals surface area contributed by atoms with E-state index in [1.54, 1.807) is 4.90 Å². The molecule has 6 nitrogen and oxygen atoms in total. The molecule has 1 heterocycles. The van der Waals surface area contributed by atoms with Crippen LogP contribution in [0.25, 0.3) is 0 Å². The van der Waals surface area contributed by atoms with Gasteiger partial charge in [0.05, 0.1) is 0 Å². The Bertz CT molecular complexity index is 518. The van der Waals surface area contributed by atoms with E-state index >= 15 is 0 Å². The lowest BCUT2D eigenvalue weighted by Crippen LogP contribution is -2.41. The monoisotopic (exact) mass is 292 g/mol. The van der Waals surface area contributed by atoms with Crippen molar-refractivity contribution >= 4 is 12.0 Å². The summed E-state index contributed by atoms with van der Waals surface area (Å²) >= 11 is 0. The van der Waals surface area contributed by atoms with Crippen LogP contribution in [0.1, 0.15) is 24.0 Å². The second-order valence-electron chi connectivity index (χ2n) is 5.17. The van der Waals surface area contributed by atoms with Crippen molar-refractivity contribution in [1.82, 2.24) is 10.2 Å². The lowest BCUT2D eigenvalue weighted by atomic mass is 10.0. The van der Waals surface area contributed by atoms with Gasteiger partial charge in [0.25, 0.3) is 0 Å². The summed E-state index contributed by atoms with van der Waals surface area (Å²) in [6.07, 6.45) is 0.431. The molecule has 0 saturated carbocycles. The summed E-state index contributed by atoms with van der Waals surface area (Å²) in [5.41, 5.74) is 2.42. The largest absolute Gasteiger partial charge is 0.479 e. The molecule has 0 fully saturated rings. The molecule has 1 aromatic rings. The van der Waals surface area contributed by atoms with Gasteiger partial charge < -0.3 is 20.4 Å². The Morgan fingerprint density at radius 1 is 1.29 bits per heavy atom. The topological polar surface area (TPSA) is 89.9 Å². The van der Waals surface area contributed by atoms with Crippen LogP contribution in [0.3, 0.4) is 0 Å². The Morgan fingerprint density at radius 2 is 2.00 bits per heavy atom. The highest BCUT2D eigenvalue weighted by Crippen LogP contribution is 2.18. The smallest absolute Gasteiger partial charge is 0.332 e. The van der Waals surface area contributed by atoms with Crippen LogP contribution < -0.4 is 5.32 Å². The Balaban J connectivity index is 1.87. The second-order valence-corrected chi connectivity index (χ2v) is 5.17. The molecule has 0 radical (unpaired) electrons. The summed E-state index contributed by atoms with van der Waals surface area (Å²) < 4.78 is 0. The molecule has 2 amide bonds. The number of carboxylic acid groups (broad SMARTS) is 1. The molecule has 1 aromatic carbocycles. The van der Waals surface area contributed by atoms with Crippen molar-refractivity contribution in [2.75, 3.05) is 13.1 Å². The van der Waals surface area contributed by atoms with E-state index in [0.717, 1.165) is 18.4 Å². The zero-order valence-electron chi connectivity index (χ0n) is 11.8. The standard InChI is InChI=1S/C15H20N2O4/c18-13(14(19)20)7-8-16-15(21)17-9-3-6-11-4-1-2-5-12(11)10-17/h1-2,4-5,13,18H,3,6-10H2,(H,16,21)(H,19,20)/t13-/m0/s1. The van der Waals surface area contributed by atoms with Gasteiger partial charge in [0.2, 0.25) is 0 Å². The molecule has 21 heavy (non-hydrogen) atoms. The van der Waals surface area contributed by atoms with Gasteiger partial charge in [-0.05, 0) is 24.0 Å². The van der Waals surface area contributed by atoms with E-state index in [9.17, 15) is 9.59 Å². The lowest BCUT2D eigenvalue weighted by molar-refractivity contribution is -0.146. The number of carbonyl (C=O) groups excluding carboxylic acids is 1. The van der Waals surface area contributed by atoms with E-state index in [-0.39, 0.29) is 19.0 Å². The Kier molecular flexibility index (Phi) is 5.16. The molecule has 114 valence electrons. The van der Waals surface area contributed by atoms with E-state index in [4.69, 9.17) is 10.2 Å². The van der Waals surface area contributed by atoms with E-state index in [2.05, 4.69) is 11.4 Å². The van der Waals surface area contributed by atoms with Crippen LogP contribution in [0.4, 0.5) is 4.79 Å². The SMILES string of the molecule is O=C(O)[C@@H](O)CCNC(=O)N1CCCc2ccccc2C1. The van der Waals surface area contributed by atoms with Gasteiger partial charge in [0.15, 0.2) is 6.10 Å². The van der Waals surface area contributed by atoms with Crippen molar-refractivity contribution in [3.63, 3.8) is 0 Å². The molecule has 0 saturated heterocycles. The summed E-state index contributed by atoms with van der Waals surface area (Å²) in [5, 5.41) is 20.4. The Labute approximate surface area is 123 Å². The predicted molar refractivity (Wildman–Crippen MR) is 76.8 cm³/mol. The number of nitrogens with zero attached hydrogens (tertiary/aromatic N) is 1. The first kappa shape index (κ1) is 15.3. The molecule has 0 aliphatic carbocycles. The normalized spacial score (nSPS) is 15.8. The first-order valence-electron chi connectivity index (χ1n) is 7.08. The van der Waals surface area contributed by atoms with Gasteiger partial charge in [0, 0.05) is 26.1 Å². The van der Waals surface area contributed by atoms with Gasteiger partial charge in [-0.15, -0.1) is 0 Å². The maximum absolute atomic E-state index is 12.1. The second kappa shape index (κ2) is 7.08. The van der Waals surface area contributed by atoms with Crippen LogP contribution in [-0.2, 0) is 17.8 Å². The third-order valence-electron chi connectivity index (χ3n) is 3.62. The highest BCUT2D eigenvalue weighted by molar-refractivity contribution is 5.75. The fourth-order valence-corrected chi connectivity index (χ4v) is 2.43. The third kappa shape index (κ3) is 4.19. The van der Waals surface area contributed by atoms with Crippen LogP contribution in [0.2, 0.25) is 0 Å². The van der Waals surface area contributed by atoms with Gasteiger partial charge in [-0.1, -0.05) is 24.3 Å². The molecule has 0 unspecified atom stereocenters. The molecule has 0 bridgehead atoms. The molecule has 0 spiro atoms. The number of carbonyl (C=O) groups is 2. The maximum Gasteiger partial charge on any atom is 0.332 e. The minimum absolute atomic E-state index is 0.00546. The average Bonchev–Trinajstić information content (AvgIpc) is 2.69. The van der Waals surface area contributed by atoms with Gasteiger partial charge in [-0.3, -0.25) is 0 Å². The van der Waals surface area contributed by atoms with Crippen molar-refractivity contribution in [3.8, 4) is 0 Å². The van der Waals surface area contributed by atoms with Crippen molar-refractivity contribution < 1.29 is 19.8 Å². The summed E-state index contributed by atoms with van der Waals surface area (Å²) in [4.78, 5) is 24.3. The fourth-order valence-electron chi connectivity index (χ4n) is 2.43. The van der Waals surface area contributed by atoms with E-state index in [1.165, 1.54) is 5.56 Å². The van der Waals surface area contributed by atoms with Crippen molar-refractivity contribution in [2.24, 2.45) is 0 Å². The van der Waals surface area contributed by atoms with Gasteiger partial charge in [-0.25, -0.2) is 9.59 Å². The molecule has 3 N–H and O–H groups in total. The third-order valence-corrected chi connectivity index (χ3v) is 3.62. The zero-order valence-corrected chi connectivity index (χ0v) is 11.8. The molecular formula is C15H20N2O4. The first-order chi connectivity index (χ1) is 10.1. The lowest BCUT2D eigenvalue weighted by Gasteiger charge is -2.21. The number of hydrogen-bond acceptors (Lipinski definition) is 3. The molecule has 1 aliphatic rings. The number of hydrogen-bond donors (Lipinski definition) is 3. The summed E-state index contributed by atoms with van der Waals surface area (Å²) in [6.45, 7) is 1.37. The Morgan fingerprint density at radius 3 is 2.71 bits per heavy atom. The van der Waals surface area contributed by atoms with Crippen molar-refractivity contribution in [3.05, 3.63) is 35.4 Å². The number of amides is 2. The number of aliphatic hydroxyl groups is 1. The molecule has 1 atom stereocenters. The zero-order chi connectivity index (χ0) is 15.2. The highest BCUT2D eigenvalue weighted by Gasteiger charge is 2.19. The van der Waals surface area contributed by atoms with Crippen molar-refractivity contribution in [1.29, 1.82) is 0 Å². The molecule has 1 aliphatic heterocycles. The van der Waals surface area contributed by atoms with Crippen LogP contribution >= 0.6 is 0 Å². The quantitative estimate of drug-likeness (QED) is 0.771. The summed E-state index contributed by atoms with van der Waals surface area (Å²) in [5.74, 6) is -1.27. The number of aliphatic hydroxyl groups excluding tert-OH is 1. The Hall–Kier alpha value is -2.08. The number of rotatable bonds is 4. The van der Waals surface area contributed by atoms with Crippen LogP contribution in [0.15, 0.2) is 24.3 Å². The molecule has 0 aromatic heterocycles. The van der Waals surface area contributed by atoms with Crippen LogP contribution in [-0.4, -0.2) is 46.3 Å². The van der Waals surface area contributed by atoms with Gasteiger partial charge in [0.1, 0.15) is 0 Å². The van der Waals surface area contributed by atoms with E-state index in [1.807, 2.05) is 18.2 Å². The number of aryl methyl sites for hydroxylation is 1. The minimum atomic E-state index is -1.44. The number of nitrogens with one attached hydrogen (secondary N) is 1. The van der Waals surface area contributed by atoms with Gasteiger partial charge in [-0.2, -0.15) is 0 Å². The predicted octanol–water partition coefficient (Wildman–Crippen LogP) is 0.980. The van der Waals surface area contributed by atoms with Gasteiger partial charge >= 0.3 is 12.0 Å². The fraction of sp³-hybridized carbons (Fsp3) is 0.467. The number of fused-ring (bicyclic) bond motifs is 1. The van der Waals surface area contributed by atoms with Crippen molar-refractivity contribution in [2.45, 2.75) is 31.9 Å². The minimum Gasteiger partial charge on any atom is -0.479 e. The maximum atomic E-state index is 12.1. The first-order valence-corrected chi connectivity index (χ1v) is 7.08. The average molecular weight is 292 g/mol. The number of carboxylic acids is 1. The number of urea groups is 1. The summed E-state index contributed by atoms with van der Waals surface area (Å²) in [7, 11) is 0. The highest BCUT2D eigenvalue weighted by atomic mass is 16.4. The van der Waals surface area contributed by atoms with Crippen LogP contribution in [0, 0.1) is 0 Å². The van der Waals surface area contributed by atoms with E-state index < -0.39 is 12.1 Å². The number of aliphatic carboxylic acids is 1. The molecular weight excluding hydrogens is 272 g/mol. The number of benzene rings is 1.